The van der Waals surface area contributed by atoms with E-state index in [2.05, 4.69) is 60.7 Å². The fourth-order valence-corrected chi connectivity index (χ4v) is 2.14. The van der Waals surface area contributed by atoms with E-state index in [0.717, 1.165) is 25.0 Å². The summed E-state index contributed by atoms with van der Waals surface area (Å²) < 4.78 is 5.12. The lowest BCUT2D eigenvalue weighted by atomic mass is 10.1. The Morgan fingerprint density at radius 1 is 1.14 bits per heavy atom. The number of aliphatic imine (C=N–C) groups is 1. The third-order valence-corrected chi connectivity index (χ3v) is 3.35. The molecule has 4 nitrogen and oxygen atoms in total. The number of benzene rings is 1. The van der Waals surface area contributed by atoms with Crippen molar-refractivity contribution in [3.8, 4) is 0 Å². The molecule has 0 aliphatic rings. The van der Waals surface area contributed by atoms with E-state index in [-0.39, 0.29) is 0 Å². The predicted octanol–water partition coefficient (Wildman–Crippen LogP) is 3.32. The zero-order chi connectivity index (χ0) is 16.2. The largest absolute Gasteiger partial charge is 0.380 e. The Labute approximate surface area is 135 Å². The van der Waals surface area contributed by atoms with Crippen LogP contribution in [0.2, 0.25) is 0 Å². The van der Waals surface area contributed by atoms with Gasteiger partial charge in [0.2, 0.25) is 0 Å². The summed E-state index contributed by atoms with van der Waals surface area (Å²) in [7, 11) is 1.71. The van der Waals surface area contributed by atoms with E-state index in [1.807, 2.05) is 0 Å². The summed E-state index contributed by atoms with van der Waals surface area (Å²) in [5.74, 6) is 1.65. The van der Waals surface area contributed by atoms with Crippen LogP contribution in [0.4, 0.5) is 0 Å². The van der Waals surface area contributed by atoms with Crippen molar-refractivity contribution in [2.75, 3.05) is 20.2 Å². The normalized spacial score (nSPS) is 11.8. The number of hydrogen-bond acceptors (Lipinski definition) is 2. The molecule has 0 spiro atoms. The number of guanidine groups is 1. The standard InChI is InChI=1S/C18H31N3O/c1-5-19-18(20-12-6-7-15(2)3)21-13-16-8-10-17(11-9-16)14-22-4/h8-11,15H,5-7,12-14H2,1-4H3,(H2,19,20,21). The van der Waals surface area contributed by atoms with Crippen LogP contribution in [0.15, 0.2) is 29.3 Å². The van der Waals surface area contributed by atoms with Crippen molar-refractivity contribution < 1.29 is 4.74 Å². The summed E-state index contributed by atoms with van der Waals surface area (Å²) in [5, 5.41) is 6.69. The van der Waals surface area contributed by atoms with Crippen molar-refractivity contribution in [1.82, 2.24) is 10.6 Å². The molecule has 0 bridgehead atoms. The summed E-state index contributed by atoms with van der Waals surface area (Å²) in [5.41, 5.74) is 2.40. The average Bonchev–Trinajstić information content (AvgIpc) is 2.50. The lowest BCUT2D eigenvalue weighted by molar-refractivity contribution is 0.185. The van der Waals surface area contributed by atoms with Crippen molar-refractivity contribution in [3.63, 3.8) is 0 Å². The molecule has 1 rings (SSSR count). The number of methoxy groups -OCH3 is 1. The maximum absolute atomic E-state index is 5.12. The highest BCUT2D eigenvalue weighted by atomic mass is 16.5. The first kappa shape index (κ1) is 18.5. The highest BCUT2D eigenvalue weighted by Gasteiger charge is 1.99. The van der Waals surface area contributed by atoms with Gasteiger partial charge in [0.1, 0.15) is 0 Å². The van der Waals surface area contributed by atoms with Crippen molar-refractivity contribution in [1.29, 1.82) is 0 Å². The summed E-state index contributed by atoms with van der Waals surface area (Å²) in [6, 6.07) is 8.41. The highest BCUT2D eigenvalue weighted by Crippen LogP contribution is 2.06. The zero-order valence-corrected chi connectivity index (χ0v) is 14.5. The molecule has 0 unspecified atom stereocenters. The fourth-order valence-electron chi connectivity index (χ4n) is 2.14. The Kier molecular flexibility index (Phi) is 9.31. The van der Waals surface area contributed by atoms with E-state index in [1.54, 1.807) is 7.11 Å². The maximum Gasteiger partial charge on any atom is 0.191 e. The third kappa shape index (κ3) is 8.03. The molecule has 124 valence electrons. The average molecular weight is 305 g/mol. The minimum absolute atomic E-state index is 0.656. The van der Waals surface area contributed by atoms with Gasteiger partial charge in [-0.1, -0.05) is 38.1 Å². The van der Waals surface area contributed by atoms with Crippen molar-refractivity contribution >= 4 is 5.96 Å². The lowest BCUT2D eigenvalue weighted by Gasteiger charge is -2.12. The van der Waals surface area contributed by atoms with Crippen molar-refractivity contribution in [2.45, 2.75) is 46.8 Å². The molecular weight excluding hydrogens is 274 g/mol. The second kappa shape index (κ2) is 11.1. The number of nitrogens with zero attached hydrogens (tertiary/aromatic N) is 1. The first-order valence-corrected chi connectivity index (χ1v) is 8.24. The number of hydrogen-bond donors (Lipinski definition) is 2. The highest BCUT2D eigenvalue weighted by molar-refractivity contribution is 5.79. The van der Waals surface area contributed by atoms with Crippen molar-refractivity contribution in [3.05, 3.63) is 35.4 Å². The van der Waals surface area contributed by atoms with Crippen LogP contribution in [0.5, 0.6) is 0 Å². The van der Waals surface area contributed by atoms with E-state index >= 15 is 0 Å². The second-order valence-electron chi connectivity index (χ2n) is 5.91. The van der Waals surface area contributed by atoms with Gasteiger partial charge in [0.25, 0.3) is 0 Å². The van der Waals surface area contributed by atoms with Crippen LogP contribution in [0.25, 0.3) is 0 Å². The van der Waals surface area contributed by atoms with Gasteiger partial charge in [0.15, 0.2) is 5.96 Å². The summed E-state index contributed by atoms with van der Waals surface area (Å²) in [6.45, 7) is 9.79. The van der Waals surface area contributed by atoms with Crippen molar-refractivity contribution in [2.24, 2.45) is 10.9 Å². The van der Waals surface area contributed by atoms with E-state index in [9.17, 15) is 0 Å². The quantitative estimate of drug-likeness (QED) is 0.418. The first-order valence-electron chi connectivity index (χ1n) is 8.24. The summed E-state index contributed by atoms with van der Waals surface area (Å²) >= 11 is 0. The number of ether oxygens (including phenoxy) is 1. The SMILES string of the molecule is CCNC(=NCc1ccc(COC)cc1)NCCCC(C)C. The fraction of sp³-hybridized carbons (Fsp3) is 0.611. The van der Waals surface area contributed by atoms with Gasteiger partial charge in [-0.3, -0.25) is 0 Å². The Bertz CT molecular complexity index is 426. The maximum atomic E-state index is 5.12. The Morgan fingerprint density at radius 2 is 1.82 bits per heavy atom. The third-order valence-electron chi connectivity index (χ3n) is 3.35. The van der Waals surface area contributed by atoms with Crippen LogP contribution in [0.1, 0.15) is 44.7 Å². The van der Waals surface area contributed by atoms with E-state index in [1.165, 1.54) is 24.0 Å². The molecule has 0 aliphatic carbocycles. The molecule has 1 aromatic carbocycles. The molecule has 0 radical (unpaired) electrons. The van der Waals surface area contributed by atoms with Crippen LogP contribution in [-0.4, -0.2) is 26.2 Å². The van der Waals surface area contributed by atoms with Gasteiger partial charge in [0.05, 0.1) is 13.2 Å². The van der Waals surface area contributed by atoms with Crippen LogP contribution in [0.3, 0.4) is 0 Å². The monoisotopic (exact) mass is 305 g/mol. The molecule has 0 atom stereocenters. The van der Waals surface area contributed by atoms with Gasteiger partial charge in [-0.2, -0.15) is 0 Å². The topological polar surface area (TPSA) is 45.7 Å². The molecule has 22 heavy (non-hydrogen) atoms. The van der Waals surface area contributed by atoms with Gasteiger partial charge < -0.3 is 15.4 Å². The molecule has 1 aromatic rings. The van der Waals surface area contributed by atoms with Crippen LogP contribution in [0, 0.1) is 5.92 Å². The van der Waals surface area contributed by atoms with Gasteiger partial charge >= 0.3 is 0 Å². The molecular formula is C18H31N3O. The number of nitrogens with one attached hydrogen (secondary N) is 2. The molecule has 0 aliphatic heterocycles. The second-order valence-corrected chi connectivity index (χ2v) is 5.91. The summed E-state index contributed by atoms with van der Waals surface area (Å²) in [6.07, 6.45) is 2.42. The van der Waals surface area contributed by atoms with E-state index < -0.39 is 0 Å². The Balaban J connectivity index is 2.46. The first-order chi connectivity index (χ1) is 10.7. The minimum atomic E-state index is 0.656. The van der Waals surface area contributed by atoms with Crippen LogP contribution < -0.4 is 10.6 Å². The van der Waals surface area contributed by atoms with Gasteiger partial charge in [-0.25, -0.2) is 4.99 Å². The smallest absolute Gasteiger partial charge is 0.191 e. The molecule has 4 heteroatoms. The molecule has 0 saturated heterocycles. The Hall–Kier alpha value is -1.55. The zero-order valence-electron chi connectivity index (χ0n) is 14.5. The minimum Gasteiger partial charge on any atom is -0.380 e. The molecule has 0 heterocycles. The van der Waals surface area contributed by atoms with Crippen LogP contribution in [-0.2, 0) is 17.9 Å². The molecule has 0 amide bonds. The van der Waals surface area contributed by atoms with Gasteiger partial charge in [0, 0.05) is 20.2 Å². The van der Waals surface area contributed by atoms with E-state index in [4.69, 9.17) is 4.74 Å². The van der Waals surface area contributed by atoms with Gasteiger partial charge in [-0.05, 0) is 36.8 Å². The number of rotatable bonds is 9. The van der Waals surface area contributed by atoms with Crippen LogP contribution >= 0.6 is 0 Å². The molecule has 0 saturated carbocycles. The predicted molar refractivity (Wildman–Crippen MR) is 94.0 cm³/mol. The summed E-state index contributed by atoms with van der Waals surface area (Å²) in [4.78, 5) is 4.64. The molecule has 0 aromatic heterocycles. The molecule has 2 N–H and O–H groups in total. The lowest BCUT2D eigenvalue weighted by Crippen LogP contribution is -2.37. The van der Waals surface area contributed by atoms with E-state index in [0.29, 0.717) is 13.2 Å². The Morgan fingerprint density at radius 3 is 2.41 bits per heavy atom. The van der Waals surface area contributed by atoms with Gasteiger partial charge in [-0.15, -0.1) is 0 Å². The molecule has 0 fully saturated rings.